The van der Waals surface area contributed by atoms with Gasteiger partial charge in [0.15, 0.2) is 24.0 Å². The summed E-state index contributed by atoms with van der Waals surface area (Å²) >= 11 is 0. The first-order chi connectivity index (χ1) is 16.2. The topological polar surface area (TPSA) is 117 Å². The van der Waals surface area contributed by atoms with Crippen molar-refractivity contribution < 1.29 is 41.7 Å². The van der Waals surface area contributed by atoms with Crippen LogP contribution >= 0.6 is 0 Å². The first kappa shape index (κ1) is 22.8. The van der Waals surface area contributed by atoms with Crippen LogP contribution in [0.3, 0.4) is 0 Å². The predicted octanol–water partition coefficient (Wildman–Crippen LogP) is 3.37. The van der Waals surface area contributed by atoms with Crippen molar-refractivity contribution in [2.24, 2.45) is 5.73 Å². The number of aliphatic carboxylic acids is 1. The summed E-state index contributed by atoms with van der Waals surface area (Å²) in [6.07, 6.45) is 2.46. The average molecular weight is 477 g/mol. The molecule has 1 amide bonds. The van der Waals surface area contributed by atoms with Gasteiger partial charge in [0.25, 0.3) is 0 Å². The van der Waals surface area contributed by atoms with Gasteiger partial charge >= 0.3 is 5.97 Å². The number of nitrogens with zero attached hydrogens (tertiary/aromatic N) is 2. The van der Waals surface area contributed by atoms with Gasteiger partial charge in [0, 0.05) is 16.5 Å². The molecule has 0 aliphatic heterocycles. The van der Waals surface area contributed by atoms with Crippen LogP contribution < -0.4 is 15.2 Å². The Morgan fingerprint density at radius 3 is 2.29 bits per heavy atom. The Morgan fingerprint density at radius 2 is 1.71 bits per heavy atom. The number of pyridine rings is 1. The van der Waals surface area contributed by atoms with Crippen LogP contribution in [0.4, 0.5) is 17.6 Å². The Bertz CT molecular complexity index is 1460. The molecule has 0 fully saturated rings. The average Bonchev–Trinajstić information content (AvgIpc) is 3.13. The highest BCUT2D eigenvalue weighted by molar-refractivity contribution is 6.19. The Morgan fingerprint density at radius 1 is 1.03 bits per heavy atom. The summed E-state index contributed by atoms with van der Waals surface area (Å²) in [5.41, 5.74) is 4.89. The minimum atomic E-state index is -1.71. The van der Waals surface area contributed by atoms with Crippen molar-refractivity contribution in [3.05, 3.63) is 65.0 Å². The molecule has 2 aromatic heterocycles. The van der Waals surface area contributed by atoms with E-state index in [9.17, 15) is 27.2 Å². The molecular weight excluding hydrogens is 462 g/mol. The molecule has 0 unspecified atom stereocenters. The lowest BCUT2D eigenvalue weighted by Crippen LogP contribution is -2.12. The maximum absolute atomic E-state index is 14.7. The molecular formula is C22H15F4N3O5. The van der Waals surface area contributed by atoms with E-state index in [0.717, 1.165) is 7.11 Å². The Balaban J connectivity index is 2.05. The molecule has 176 valence electrons. The van der Waals surface area contributed by atoms with Gasteiger partial charge in [-0.2, -0.15) is 8.78 Å². The van der Waals surface area contributed by atoms with Crippen LogP contribution in [0.25, 0.3) is 21.8 Å². The maximum Gasteiger partial charge on any atom is 0.341 e. The van der Waals surface area contributed by atoms with Crippen molar-refractivity contribution in [3.8, 4) is 11.5 Å². The highest BCUT2D eigenvalue weighted by Crippen LogP contribution is 2.38. The number of halogens is 4. The zero-order valence-electron chi connectivity index (χ0n) is 17.4. The van der Waals surface area contributed by atoms with Gasteiger partial charge in [-0.1, -0.05) is 6.07 Å². The number of carboxylic acids is 1. The van der Waals surface area contributed by atoms with Crippen molar-refractivity contribution >= 4 is 33.7 Å². The standard InChI is InChI=1S/C22H15F4N3O5/c1-33-21-19(25)17(23)10(18(24)20(21)26)7-29-11-4-2-3-9(22(27)32)15(11)16-12(29)5-28-6-13(16)34-8-14(30)31/h2-6H,7-8H2,1H3,(H2,27,32)(H,30,31). The monoisotopic (exact) mass is 477 g/mol. The lowest BCUT2D eigenvalue weighted by molar-refractivity contribution is -0.139. The highest BCUT2D eigenvalue weighted by atomic mass is 19.2. The predicted molar refractivity (Wildman–Crippen MR) is 111 cm³/mol. The summed E-state index contributed by atoms with van der Waals surface area (Å²) < 4.78 is 69.0. The smallest absolute Gasteiger partial charge is 0.341 e. The molecule has 0 aliphatic carbocycles. The van der Waals surface area contributed by atoms with E-state index in [1.807, 2.05) is 0 Å². The van der Waals surface area contributed by atoms with Crippen molar-refractivity contribution in [3.63, 3.8) is 0 Å². The molecule has 0 aliphatic rings. The number of hydrogen-bond donors (Lipinski definition) is 2. The third kappa shape index (κ3) is 3.52. The second-order valence-electron chi connectivity index (χ2n) is 7.13. The van der Waals surface area contributed by atoms with E-state index in [0.29, 0.717) is 0 Å². The van der Waals surface area contributed by atoms with Crippen LogP contribution in [-0.4, -0.2) is 40.3 Å². The molecule has 2 heterocycles. The van der Waals surface area contributed by atoms with Crippen LogP contribution in [0.1, 0.15) is 15.9 Å². The number of primary amides is 1. The first-order valence-electron chi connectivity index (χ1n) is 9.59. The number of fused-ring (bicyclic) bond motifs is 3. The molecule has 8 nitrogen and oxygen atoms in total. The molecule has 12 heteroatoms. The Labute approximate surface area is 188 Å². The highest BCUT2D eigenvalue weighted by Gasteiger charge is 2.28. The number of ether oxygens (including phenoxy) is 2. The molecule has 0 radical (unpaired) electrons. The summed E-state index contributed by atoms with van der Waals surface area (Å²) in [4.78, 5) is 27.1. The Kier molecular flexibility index (Phi) is 5.73. The van der Waals surface area contributed by atoms with E-state index in [2.05, 4.69) is 9.72 Å². The molecule has 0 atom stereocenters. The first-order valence-corrected chi connectivity index (χ1v) is 9.59. The molecule has 0 bridgehead atoms. The van der Waals surface area contributed by atoms with Crippen LogP contribution in [0.2, 0.25) is 0 Å². The molecule has 0 saturated heterocycles. The minimum Gasteiger partial charge on any atom is -0.491 e. The zero-order chi connectivity index (χ0) is 24.7. The van der Waals surface area contributed by atoms with E-state index in [1.54, 1.807) is 0 Å². The van der Waals surface area contributed by atoms with Gasteiger partial charge in [0.2, 0.25) is 17.5 Å². The van der Waals surface area contributed by atoms with E-state index in [-0.39, 0.29) is 33.1 Å². The summed E-state index contributed by atoms with van der Waals surface area (Å²) in [5.74, 6) is -10.1. The fraction of sp³-hybridized carbons (Fsp3) is 0.136. The number of aromatic nitrogens is 2. The van der Waals surface area contributed by atoms with Crippen LogP contribution in [0, 0.1) is 23.3 Å². The van der Waals surface area contributed by atoms with Gasteiger partial charge in [0.05, 0.1) is 42.5 Å². The van der Waals surface area contributed by atoms with E-state index in [4.69, 9.17) is 15.6 Å². The lowest BCUT2D eigenvalue weighted by atomic mass is 10.1. The van der Waals surface area contributed by atoms with Crippen LogP contribution in [0.5, 0.6) is 11.5 Å². The molecule has 4 aromatic rings. The van der Waals surface area contributed by atoms with Gasteiger partial charge in [-0.25, -0.2) is 13.6 Å². The molecule has 0 saturated carbocycles. The lowest BCUT2D eigenvalue weighted by Gasteiger charge is -2.13. The number of carbonyl (C=O) groups excluding carboxylic acids is 1. The van der Waals surface area contributed by atoms with Crippen molar-refractivity contribution in [1.29, 1.82) is 0 Å². The quantitative estimate of drug-likeness (QED) is 0.312. The largest absolute Gasteiger partial charge is 0.491 e. The second-order valence-corrected chi connectivity index (χ2v) is 7.13. The molecule has 34 heavy (non-hydrogen) atoms. The van der Waals surface area contributed by atoms with Crippen molar-refractivity contribution in [2.45, 2.75) is 6.54 Å². The van der Waals surface area contributed by atoms with Gasteiger partial charge in [-0.05, 0) is 12.1 Å². The molecule has 0 spiro atoms. The third-order valence-corrected chi connectivity index (χ3v) is 5.22. The summed E-state index contributed by atoms with van der Waals surface area (Å²) in [6.45, 7) is -1.47. The van der Waals surface area contributed by atoms with Crippen molar-refractivity contribution in [2.75, 3.05) is 13.7 Å². The number of benzene rings is 2. The van der Waals surface area contributed by atoms with Gasteiger partial charge in [-0.15, -0.1) is 0 Å². The van der Waals surface area contributed by atoms with Crippen LogP contribution in [-0.2, 0) is 11.3 Å². The Hall–Kier alpha value is -4.35. The number of hydrogen-bond acceptors (Lipinski definition) is 5. The van der Waals surface area contributed by atoms with Gasteiger partial charge in [0.1, 0.15) is 5.75 Å². The normalized spacial score (nSPS) is 11.2. The number of nitrogens with two attached hydrogens (primary N) is 1. The second kappa shape index (κ2) is 8.54. The van der Waals surface area contributed by atoms with Crippen LogP contribution in [0.15, 0.2) is 30.6 Å². The molecule has 4 rings (SSSR count). The number of carboxylic acid groups (broad SMARTS) is 1. The van der Waals surface area contributed by atoms with E-state index in [1.165, 1.54) is 35.2 Å². The number of amides is 1. The zero-order valence-corrected chi connectivity index (χ0v) is 17.4. The minimum absolute atomic E-state index is 0.000612. The fourth-order valence-corrected chi connectivity index (χ4v) is 3.80. The SMILES string of the molecule is COc1c(F)c(F)c(Cn2c3cncc(OCC(=O)O)c3c3c(C(N)=O)cccc32)c(F)c1F. The molecule has 2 aromatic carbocycles. The molecule has 3 N–H and O–H groups in total. The maximum atomic E-state index is 14.7. The third-order valence-electron chi connectivity index (χ3n) is 5.22. The van der Waals surface area contributed by atoms with E-state index >= 15 is 0 Å². The fourth-order valence-electron chi connectivity index (χ4n) is 3.80. The number of rotatable bonds is 7. The van der Waals surface area contributed by atoms with Gasteiger partial charge in [-0.3, -0.25) is 9.78 Å². The van der Waals surface area contributed by atoms with Gasteiger partial charge < -0.3 is 24.9 Å². The summed E-state index contributed by atoms with van der Waals surface area (Å²) in [5, 5.41) is 9.33. The number of methoxy groups -OCH3 is 1. The van der Waals surface area contributed by atoms with E-state index < -0.39 is 59.6 Å². The van der Waals surface area contributed by atoms with Crippen molar-refractivity contribution in [1.82, 2.24) is 9.55 Å². The summed E-state index contributed by atoms with van der Waals surface area (Å²) in [7, 11) is 0.864. The number of carbonyl (C=O) groups is 2. The summed E-state index contributed by atoms with van der Waals surface area (Å²) in [6, 6.07) is 4.32.